The second kappa shape index (κ2) is 8.93. The van der Waals surface area contributed by atoms with E-state index in [0.29, 0.717) is 17.1 Å². The van der Waals surface area contributed by atoms with Gasteiger partial charge in [-0.25, -0.2) is 8.42 Å². The molecular formula is C21H22N2O5S. The van der Waals surface area contributed by atoms with Crippen molar-refractivity contribution in [1.29, 1.82) is 0 Å². The molecule has 1 heterocycles. The molecule has 8 heteroatoms. The monoisotopic (exact) mass is 414 g/mol. The van der Waals surface area contributed by atoms with Crippen LogP contribution in [0.5, 0.6) is 5.75 Å². The summed E-state index contributed by atoms with van der Waals surface area (Å²) in [5, 5.41) is 2.56. The van der Waals surface area contributed by atoms with Crippen LogP contribution in [0.25, 0.3) is 0 Å². The van der Waals surface area contributed by atoms with Crippen LogP contribution in [-0.2, 0) is 23.1 Å². The van der Waals surface area contributed by atoms with E-state index in [1.165, 1.54) is 29.8 Å². The molecule has 0 aliphatic heterocycles. The number of rotatable bonds is 8. The Labute approximate surface area is 170 Å². The fourth-order valence-electron chi connectivity index (χ4n) is 2.81. The predicted octanol–water partition coefficient (Wildman–Crippen LogP) is 3.04. The number of methoxy groups -OCH3 is 1. The lowest BCUT2D eigenvalue weighted by molar-refractivity contribution is 0.0963. The van der Waals surface area contributed by atoms with Gasteiger partial charge in [-0.1, -0.05) is 12.1 Å². The summed E-state index contributed by atoms with van der Waals surface area (Å²) in [7, 11) is -0.712. The molecule has 152 valence electrons. The SMILES string of the molecule is CNC(=O)c1ccc(CN(Cc2ccco2)S(=O)(=O)c2ccc(OC)cc2)cc1. The molecule has 0 aliphatic rings. The van der Waals surface area contributed by atoms with Crippen LogP contribution in [0.4, 0.5) is 0 Å². The van der Waals surface area contributed by atoms with E-state index in [4.69, 9.17) is 9.15 Å². The molecule has 0 bridgehead atoms. The van der Waals surface area contributed by atoms with E-state index in [2.05, 4.69) is 5.32 Å². The molecule has 1 aromatic heterocycles. The highest BCUT2D eigenvalue weighted by Crippen LogP contribution is 2.23. The van der Waals surface area contributed by atoms with Crippen LogP contribution in [0.3, 0.4) is 0 Å². The Morgan fingerprint density at radius 3 is 2.28 bits per heavy atom. The summed E-state index contributed by atoms with van der Waals surface area (Å²) in [6.45, 7) is 0.210. The van der Waals surface area contributed by atoms with Crippen LogP contribution in [0.2, 0.25) is 0 Å². The number of carbonyl (C=O) groups is 1. The fraction of sp³-hybridized carbons (Fsp3) is 0.190. The average Bonchev–Trinajstić information content (AvgIpc) is 3.26. The Kier molecular flexibility index (Phi) is 6.36. The van der Waals surface area contributed by atoms with Crippen LogP contribution in [0, 0.1) is 0 Å². The molecular weight excluding hydrogens is 392 g/mol. The molecule has 0 unspecified atom stereocenters. The molecule has 0 aliphatic carbocycles. The summed E-state index contributed by atoms with van der Waals surface area (Å²) in [4.78, 5) is 11.9. The van der Waals surface area contributed by atoms with Crippen molar-refractivity contribution in [3.63, 3.8) is 0 Å². The van der Waals surface area contributed by atoms with Gasteiger partial charge in [-0.15, -0.1) is 0 Å². The van der Waals surface area contributed by atoms with Gasteiger partial charge in [0.15, 0.2) is 0 Å². The number of hydrogen-bond donors (Lipinski definition) is 1. The van der Waals surface area contributed by atoms with Gasteiger partial charge in [0, 0.05) is 19.2 Å². The number of ether oxygens (including phenoxy) is 1. The van der Waals surface area contributed by atoms with Gasteiger partial charge in [0.05, 0.1) is 24.8 Å². The number of benzene rings is 2. The number of nitrogens with one attached hydrogen (secondary N) is 1. The third-order valence-electron chi connectivity index (χ3n) is 4.41. The van der Waals surface area contributed by atoms with Gasteiger partial charge >= 0.3 is 0 Å². The minimum Gasteiger partial charge on any atom is -0.497 e. The Morgan fingerprint density at radius 2 is 1.72 bits per heavy atom. The van der Waals surface area contributed by atoms with E-state index in [9.17, 15) is 13.2 Å². The first-order valence-electron chi connectivity index (χ1n) is 8.91. The Bertz CT molecular complexity index is 1040. The maximum atomic E-state index is 13.3. The first kappa shape index (κ1) is 20.6. The molecule has 3 rings (SSSR count). The highest BCUT2D eigenvalue weighted by molar-refractivity contribution is 7.89. The molecule has 0 spiro atoms. The lowest BCUT2D eigenvalue weighted by atomic mass is 10.1. The quantitative estimate of drug-likeness (QED) is 0.612. The molecule has 0 saturated heterocycles. The zero-order chi connectivity index (χ0) is 20.9. The molecule has 0 fully saturated rings. The van der Waals surface area contributed by atoms with Gasteiger partial charge < -0.3 is 14.5 Å². The summed E-state index contributed by atoms with van der Waals surface area (Å²) in [5.74, 6) is 0.908. The Hall–Kier alpha value is -3.10. The maximum absolute atomic E-state index is 13.3. The van der Waals surface area contributed by atoms with Gasteiger partial charge in [0.1, 0.15) is 11.5 Å². The highest BCUT2D eigenvalue weighted by atomic mass is 32.2. The van der Waals surface area contributed by atoms with Crippen LogP contribution < -0.4 is 10.1 Å². The number of amides is 1. The molecule has 7 nitrogen and oxygen atoms in total. The van der Waals surface area contributed by atoms with Crippen molar-refractivity contribution in [3.05, 3.63) is 83.8 Å². The average molecular weight is 414 g/mol. The van der Waals surface area contributed by atoms with E-state index in [-0.39, 0.29) is 23.9 Å². The Balaban J connectivity index is 1.90. The summed E-state index contributed by atoms with van der Waals surface area (Å²) in [6.07, 6.45) is 1.51. The smallest absolute Gasteiger partial charge is 0.251 e. The first-order chi connectivity index (χ1) is 13.9. The van der Waals surface area contributed by atoms with Crippen molar-refractivity contribution >= 4 is 15.9 Å². The number of nitrogens with zero attached hydrogens (tertiary/aromatic N) is 1. The van der Waals surface area contributed by atoms with Gasteiger partial charge in [0.25, 0.3) is 5.91 Å². The Morgan fingerprint density at radius 1 is 1.03 bits per heavy atom. The molecule has 1 N–H and O–H groups in total. The van der Waals surface area contributed by atoms with Crippen molar-refractivity contribution in [2.45, 2.75) is 18.0 Å². The molecule has 2 aromatic carbocycles. The van der Waals surface area contributed by atoms with Crippen LogP contribution in [0.1, 0.15) is 21.7 Å². The topological polar surface area (TPSA) is 88.9 Å². The van der Waals surface area contributed by atoms with Crippen LogP contribution in [0.15, 0.2) is 76.2 Å². The van der Waals surface area contributed by atoms with E-state index in [0.717, 1.165) is 5.56 Å². The number of furan rings is 1. The summed E-state index contributed by atoms with van der Waals surface area (Å²) in [6, 6.07) is 16.5. The molecule has 29 heavy (non-hydrogen) atoms. The van der Waals surface area contributed by atoms with E-state index in [1.54, 1.807) is 55.6 Å². The van der Waals surface area contributed by atoms with Gasteiger partial charge in [-0.2, -0.15) is 4.31 Å². The van der Waals surface area contributed by atoms with Gasteiger partial charge in [-0.3, -0.25) is 4.79 Å². The normalized spacial score (nSPS) is 11.4. The minimum atomic E-state index is -3.79. The van der Waals surface area contributed by atoms with Gasteiger partial charge in [-0.05, 0) is 54.1 Å². The lowest BCUT2D eigenvalue weighted by Crippen LogP contribution is -2.30. The standard InChI is InChI=1S/C21H22N2O5S/c1-22-21(24)17-7-5-16(6-8-17)14-23(15-19-4-3-13-28-19)29(25,26)20-11-9-18(27-2)10-12-20/h3-13H,14-15H2,1-2H3,(H,22,24). The van der Waals surface area contributed by atoms with Crippen molar-refractivity contribution in [2.24, 2.45) is 0 Å². The summed E-state index contributed by atoms with van der Waals surface area (Å²) < 4.78 is 38.3. The fourth-order valence-corrected chi connectivity index (χ4v) is 4.20. The van der Waals surface area contributed by atoms with Crippen LogP contribution in [-0.4, -0.2) is 32.8 Å². The third kappa shape index (κ3) is 4.85. The number of carbonyl (C=O) groups excluding carboxylic acids is 1. The highest BCUT2D eigenvalue weighted by Gasteiger charge is 2.26. The molecule has 0 atom stereocenters. The van der Waals surface area contributed by atoms with Crippen molar-refractivity contribution in [3.8, 4) is 5.75 Å². The second-order valence-corrected chi connectivity index (χ2v) is 8.24. The van der Waals surface area contributed by atoms with E-state index < -0.39 is 10.0 Å². The number of sulfonamides is 1. The molecule has 0 saturated carbocycles. The largest absolute Gasteiger partial charge is 0.497 e. The summed E-state index contributed by atoms with van der Waals surface area (Å²) in [5.41, 5.74) is 1.26. The van der Waals surface area contributed by atoms with E-state index >= 15 is 0 Å². The van der Waals surface area contributed by atoms with Crippen molar-refractivity contribution in [1.82, 2.24) is 9.62 Å². The maximum Gasteiger partial charge on any atom is 0.251 e. The van der Waals surface area contributed by atoms with Crippen LogP contribution >= 0.6 is 0 Å². The zero-order valence-corrected chi connectivity index (χ0v) is 17.0. The zero-order valence-electron chi connectivity index (χ0n) is 16.2. The van der Waals surface area contributed by atoms with Crippen molar-refractivity contribution in [2.75, 3.05) is 14.2 Å². The molecule has 1 amide bonds. The third-order valence-corrected chi connectivity index (χ3v) is 6.22. The molecule has 0 radical (unpaired) electrons. The van der Waals surface area contributed by atoms with Gasteiger partial charge in [0.2, 0.25) is 10.0 Å². The predicted molar refractivity (Wildman–Crippen MR) is 108 cm³/mol. The van der Waals surface area contributed by atoms with Crippen molar-refractivity contribution < 1.29 is 22.4 Å². The van der Waals surface area contributed by atoms with E-state index in [1.807, 2.05) is 0 Å². The lowest BCUT2D eigenvalue weighted by Gasteiger charge is -2.21. The minimum absolute atomic E-state index is 0.0819. The first-order valence-corrected chi connectivity index (χ1v) is 10.4. The molecule has 3 aromatic rings. The summed E-state index contributed by atoms with van der Waals surface area (Å²) >= 11 is 0. The second-order valence-electron chi connectivity index (χ2n) is 6.30. The number of hydrogen-bond acceptors (Lipinski definition) is 5.